The van der Waals surface area contributed by atoms with Gasteiger partial charge in [0.2, 0.25) is 0 Å². The predicted molar refractivity (Wildman–Crippen MR) is 70.1 cm³/mol. The molecule has 100 valence electrons. The monoisotopic (exact) mass is 260 g/mol. The molecule has 0 saturated heterocycles. The van der Waals surface area contributed by atoms with Gasteiger partial charge >= 0.3 is 11.9 Å². The van der Waals surface area contributed by atoms with Gasteiger partial charge in [0.15, 0.2) is 0 Å². The molecule has 1 aromatic rings. The predicted octanol–water partition coefficient (Wildman–Crippen LogP) is 2.39. The minimum Gasteiger partial charge on any atom is -0.461 e. The number of carbonyl (C=O) groups is 2. The standard InChI is InChI=1S/C15H16O4/c1-3-13(10-18-12(2)16)9-15(17)19-11-14-7-5-4-6-8-14/h4-8H,1,9-11H2,2H3. The lowest BCUT2D eigenvalue weighted by Gasteiger charge is -2.06. The second-order valence-electron chi connectivity index (χ2n) is 3.88. The molecule has 4 nitrogen and oxygen atoms in total. The first-order valence-electron chi connectivity index (χ1n) is 5.82. The molecular weight excluding hydrogens is 244 g/mol. The molecule has 0 aromatic heterocycles. The van der Waals surface area contributed by atoms with Crippen molar-refractivity contribution in [2.45, 2.75) is 20.0 Å². The Kier molecular flexibility index (Phi) is 6.13. The van der Waals surface area contributed by atoms with Crippen LogP contribution in [0.15, 0.2) is 48.2 Å². The van der Waals surface area contributed by atoms with Gasteiger partial charge in [0.1, 0.15) is 13.2 Å². The van der Waals surface area contributed by atoms with E-state index in [0.29, 0.717) is 5.57 Å². The molecule has 0 heterocycles. The highest BCUT2D eigenvalue weighted by atomic mass is 16.5. The number of hydrogen-bond donors (Lipinski definition) is 0. The Balaban J connectivity index is 2.37. The van der Waals surface area contributed by atoms with Gasteiger partial charge in [0.05, 0.1) is 6.42 Å². The highest BCUT2D eigenvalue weighted by Gasteiger charge is 2.08. The summed E-state index contributed by atoms with van der Waals surface area (Å²) in [5.41, 5.74) is 3.99. The molecule has 19 heavy (non-hydrogen) atoms. The van der Waals surface area contributed by atoms with Crippen LogP contribution in [0.4, 0.5) is 0 Å². The number of carbonyl (C=O) groups excluding carboxylic acids is 2. The lowest BCUT2D eigenvalue weighted by atomic mass is 10.2. The van der Waals surface area contributed by atoms with Gasteiger partial charge in [0.25, 0.3) is 0 Å². The molecule has 1 aromatic carbocycles. The van der Waals surface area contributed by atoms with Crippen molar-refractivity contribution in [2.24, 2.45) is 0 Å². The van der Waals surface area contributed by atoms with E-state index in [1.54, 1.807) is 0 Å². The van der Waals surface area contributed by atoms with Gasteiger partial charge in [0, 0.05) is 12.5 Å². The summed E-state index contributed by atoms with van der Waals surface area (Å²) >= 11 is 0. The van der Waals surface area contributed by atoms with Crippen LogP contribution in [0.1, 0.15) is 18.9 Å². The van der Waals surface area contributed by atoms with E-state index >= 15 is 0 Å². The summed E-state index contributed by atoms with van der Waals surface area (Å²) in [6.07, 6.45) is 0.0175. The van der Waals surface area contributed by atoms with Crippen molar-refractivity contribution in [2.75, 3.05) is 6.61 Å². The molecule has 4 heteroatoms. The highest BCUT2D eigenvalue weighted by molar-refractivity contribution is 5.72. The van der Waals surface area contributed by atoms with Crippen LogP contribution >= 0.6 is 0 Å². The SMILES string of the molecule is C=C=C(COC(C)=O)CC(=O)OCc1ccccc1. The number of rotatable bonds is 6. The molecule has 0 unspecified atom stereocenters. The third-order valence-corrected chi connectivity index (χ3v) is 2.30. The Morgan fingerprint density at radius 1 is 1.21 bits per heavy atom. The van der Waals surface area contributed by atoms with Gasteiger partial charge in [-0.3, -0.25) is 9.59 Å². The molecule has 0 aliphatic heterocycles. The Morgan fingerprint density at radius 2 is 1.89 bits per heavy atom. The van der Waals surface area contributed by atoms with Crippen LogP contribution < -0.4 is 0 Å². The maximum Gasteiger partial charge on any atom is 0.311 e. The molecule has 0 aliphatic rings. The zero-order chi connectivity index (χ0) is 14.1. The summed E-state index contributed by atoms with van der Waals surface area (Å²) in [5.74, 6) is -0.812. The lowest BCUT2D eigenvalue weighted by Crippen LogP contribution is -2.10. The van der Waals surface area contributed by atoms with Gasteiger partial charge in [-0.05, 0) is 5.56 Å². The van der Waals surface area contributed by atoms with Crippen molar-refractivity contribution >= 4 is 11.9 Å². The van der Waals surface area contributed by atoms with E-state index in [2.05, 4.69) is 12.3 Å². The fourth-order valence-corrected chi connectivity index (χ4v) is 1.32. The van der Waals surface area contributed by atoms with Gasteiger partial charge in [-0.25, -0.2) is 0 Å². The molecule has 0 N–H and O–H groups in total. The Hall–Kier alpha value is -2.32. The fraction of sp³-hybridized carbons (Fsp3) is 0.267. The van der Waals surface area contributed by atoms with Crippen LogP contribution in [0, 0.1) is 0 Å². The maximum atomic E-state index is 11.6. The molecule has 1 rings (SSSR count). The normalized spacial score (nSPS) is 9.32. The number of ether oxygens (including phenoxy) is 2. The third kappa shape index (κ3) is 6.24. The van der Waals surface area contributed by atoms with Crippen molar-refractivity contribution in [1.82, 2.24) is 0 Å². The van der Waals surface area contributed by atoms with E-state index in [9.17, 15) is 9.59 Å². The number of esters is 2. The summed E-state index contributed by atoms with van der Waals surface area (Å²) in [6, 6.07) is 9.38. The van der Waals surface area contributed by atoms with Gasteiger partial charge in [-0.1, -0.05) is 36.9 Å². The second kappa shape index (κ2) is 7.90. The molecule has 0 spiro atoms. The largest absolute Gasteiger partial charge is 0.461 e. The van der Waals surface area contributed by atoms with Crippen molar-refractivity contribution in [3.63, 3.8) is 0 Å². The zero-order valence-corrected chi connectivity index (χ0v) is 10.8. The Labute approximate surface area is 112 Å². The average Bonchev–Trinajstić information content (AvgIpc) is 2.42. The minimum atomic E-state index is -0.412. The average molecular weight is 260 g/mol. The third-order valence-electron chi connectivity index (χ3n) is 2.30. The van der Waals surface area contributed by atoms with E-state index in [-0.39, 0.29) is 19.6 Å². The molecule has 0 amide bonds. The number of benzene rings is 1. The van der Waals surface area contributed by atoms with Crippen molar-refractivity contribution in [3.8, 4) is 0 Å². The van der Waals surface area contributed by atoms with Gasteiger partial charge in [-0.15, -0.1) is 5.73 Å². The first-order chi connectivity index (χ1) is 9.11. The number of hydrogen-bond acceptors (Lipinski definition) is 4. The molecule has 0 saturated carbocycles. The molecule has 0 fully saturated rings. The summed E-state index contributed by atoms with van der Waals surface area (Å²) in [6.45, 7) is 4.98. The lowest BCUT2D eigenvalue weighted by molar-refractivity contribution is -0.145. The topological polar surface area (TPSA) is 52.6 Å². The summed E-state index contributed by atoms with van der Waals surface area (Å²) in [5, 5.41) is 0. The summed E-state index contributed by atoms with van der Waals surface area (Å²) in [4.78, 5) is 22.2. The molecule has 0 bridgehead atoms. The highest BCUT2D eigenvalue weighted by Crippen LogP contribution is 2.06. The van der Waals surface area contributed by atoms with Crippen LogP contribution in [0.5, 0.6) is 0 Å². The minimum absolute atomic E-state index is 0.0132. The van der Waals surface area contributed by atoms with Crippen LogP contribution in [0.2, 0.25) is 0 Å². The zero-order valence-electron chi connectivity index (χ0n) is 10.8. The van der Waals surface area contributed by atoms with E-state index in [0.717, 1.165) is 5.56 Å². The summed E-state index contributed by atoms with van der Waals surface area (Å²) in [7, 11) is 0. The van der Waals surface area contributed by atoms with Crippen molar-refractivity contribution < 1.29 is 19.1 Å². The van der Waals surface area contributed by atoms with Crippen LogP contribution in [0.25, 0.3) is 0 Å². The van der Waals surface area contributed by atoms with Gasteiger partial charge < -0.3 is 9.47 Å². The molecule has 0 atom stereocenters. The first kappa shape index (κ1) is 14.7. The molecule has 0 radical (unpaired) electrons. The van der Waals surface area contributed by atoms with E-state index in [1.807, 2.05) is 30.3 Å². The van der Waals surface area contributed by atoms with Crippen LogP contribution in [0.3, 0.4) is 0 Å². The van der Waals surface area contributed by atoms with Crippen LogP contribution in [-0.4, -0.2) is 18.5 Å². The quantitative estimate of drug-likeness (QED) is 0.582. The first-order valence-corrected chi connectivity index (χ1v) is 5.82. The van der Waals surface area contributed by atoms with Gasteiger partial charge in [-0.2, -0.15) is 0 Å². The maximum absolute atomic E-state index is 11.6. The smallest absolute Gasteiger partial charge is 0.311 e. The molecular formula is C15H16O4. The van der Waals surface area contributed by atoms with E-state index in [4.69, 9.17) is 9.47 Å². The van der Waals surface area contributed by atoms with E-state index in [1.165, 1.54) is 6.92 Å². The Bertz CT molecular complexity index is 484. The summed E-state index contributed by atoms with van der Waals surface area (Å²) < 4.78 is 9.87. The second-order valence-corrected chi connectivity index (χ2v) is 3.88. The van der Waals surface area contributed by atoms with Crippen molar-refractivity contribution in [1.29, 1.82) is 0 Å². The van der Waals surface area contributed by atoms with E-state index < -0.39 is 11.9 Å². The fourth-order valence-electron chi connectivity index (χ4n) is 1.32. The van der Waals surface area contributed by atoms with Crippen molar-refractivity contribution in [3.05, 3.63) is 53.8 Å². The van der Waals surface area contributed by atoms with Crippen LogP contribution in [-0.2, 0) is 25.7 Å². The Morgan fingerprint density at radius 3 is 2.47 bits per heavy atom. The molecule has 0 aliphatic carbocycles.